The maximum Gasteiger partial charge on any atom is 0.265 e. The summed E-state index contributed by atoms with van der Waals surface area (Å²) in [5.74, 6) is -0.554. The van der Waals surface area contributed by atoms with Crippen LogP contribution in [0.15, 0.2) is 35.7 Å². The van der Waals surface area contributed by atoms with Gasteiger partial charge in [0.25, 0.3) is 5.91 Å². The quantitative estimate of drug-likeness (QED) is 0.848. The van der Waals surface area contributed by atoms with Gasteiger partial charge in [0.05, 0.1) is 4.88 Å². The van der Waals surface area contributed by atoms with Crippen molar-refractivity contribution in [3.05, 3.63) is 52.0 Å². The van der Waals surface area contributed by atoms with E-state index in [0.717, 1.165) is 5.56 Å². The number of nitrogens with one attached hydrogen (secondary N) is 1. The summed E-state index contributed by atoms with van der Waals surface area (Å²) in [6, 6.07) is 7.98. The first kappa shape index (κ1) is 10.8. The number of carbonyl (C=O) groups is 1. The average molecular weight is 235 g/mol. The average Bonchev–Trinajstić information content (AvgIpc) is 2.68. The normalized spacial score (nSPS) is 10.1. The maximum absolute atomic E-state index is 13.1. The van der Waals surface area contributed by atoms with E-state index >= 15 is 0 Å². The van der Waals surface area contributed by atoms with E-state index in [1.165, 1.54) is 23.5 Å². The zero-order valence-electron chi connectivity index (χ0n) is 8.66. The van der Waals surface area contributed by atoms with Crippen LogP contribution in [0.5, 0.6) is 0 Å². The van der Waals surface area contributed by atoms with Crippen LogP contribution in [0.4, 0.5) is 10.1 Å². The fourth-order valence-electron chi connectivity index (χ4n) is 1.41. The second kappa shape index (κ2) is 4.45. The molecule has 0 bridgehead atoms. The van der Waals surface area contributed by atoms with Crippen LogP contribution in [0.25, 0.3) is 0 Å². The monoisotopic (exact) mass is 235 g/mol. The van der Waals surface area contributed by atoms with Crippen molar-refractivity contribution in [1.29, 1.82) is 0 Å². The summed E-state index contributed by atoms with van der Waals surface area (Å²) in [4.78, 5) is 12.3. The molecule has 16 heavy (non-hydrogen) atoms. The van der Waals surface area contributed by atoms with E-state index in [0.29, 0.717) is 10.6 Å². The summed E-state index contributed by atoms with van der Waals surface area (Å²) < 4.78 is 13.1. The van der Waals surface area contributed by atoms with E-state index in [9.17, 15) is 9.18 Å². The molecule has 2 nitrogen and oxygen atoms in total. The number of benzene rings is 1. The Morgan fingerprint density at radius 2 is 2.19 bits per heavy atom. The van der Waals surface area contributed by atoms with Crippen LogP contribution in [0, 0.1) is 12.7 Å². The molecule has 1 amide bonds. The molecule has 0 aliphatic carbocycles. The van der Waals surface area contributed by atoms with Crippen LogP contribution in [0.2, 0.25) is 0 Å². The van der Waals surface area contributed by atoms with Gasteiger partial charge in [-0.1, -0.05) is 6.07 Å². The van der Waals surface area contributed by atoms with Gasteiger partial charge in [-0.3, -0.25) is 4.79 Å². The molecule has 0 radical (unpaired) electrons. The highest BCUT2D eigenvalue weighted by Crippen LogP contribution is 2.16. The third-order valence-electron chi connectivity index (χ3n) is 2.04. The summed E-state index contributed by atoms with van der Waals surface area (Å²) in [5.41, 5.74) is 1.26. The Bertz CT molecular complexity index is 487. The molecular formula is C12H10FNOS. The largest absolute Gasteiger partial charge is 0.321 e. The molecule has 0 saturated carbocycles. The molecule has 1 aromatic heterocycles. The molecule has 0 aliphatic rings. The predicted molar refractivity (Wildman–Crippen MR) is 63.4 cm³/mol. The third kappa shape index (κ3) is 2.46. The van der Waals surface area contributed by atoms with Gasteiger partial charge in [-0.25, -0.2) is 4.39 Å². The number of aryl methyl sites for hydroxylation is 1. The van der Waals surface area contributed by atoms with Crippen molar-refractivity contribution in [2.75, 3.05) is 5.32 Å². The first-order chi connectivity index (χ1) is 7.65. The predicted octanol–water partition coefficient (Wildman–Crippen LogP) is 3.45. The summed E-state index contributed by atoms with van der Waals surface area (Å²) in [6.07, 6.45) is 0. The van der Waals surface area contributed by atoms with Crippen LogP contribution < -0.4 is 5.32 Å². The summed E-state index contributed by atoms with van der Waals surface area (Å²) >= 11 is 1.35. The number of halogens is 1. The number of hydrogen-bond donors (Lipinski definition) is 1. The van der Waals surface area contributed by atoms with Gasteiger partial charge in [0, 0.05) is 5.69 Å². The molecule has 2 rings (SSSR count). The number of anilines is 1. The Balaban J connectivity index is 2.18. The van der Waals surface area contributed by atoms with Crippen LogP contribution in [0.1, 0.15) is 15.2 Å². The van der Waals surface area contributed by atoms with Gasteiger partial charge in [-0.15, -0.1) is 11.3 Å². The van der Waals surface area contributed by atoms with Crippen molar-refractivity contribution in [2.45, 2.75) is 6.92 Å². The summed E-state index contributed by atoms with van der Waals surface area (Å²) in [7, 11) is 0. The Labute approximate surface area is 96.7 Å². The minimum Gasteiger partial charge on any atom is -0.321 e. The van der Waals surface area contributed by atoms with Gasteiger partial charge < -0.3 is 5.32 Å². The fraction of sp³-hybridized carbons (Fsp3) is 0.0833. The number of thiophene rings is 1. The lowest BCUT2D eigenvalue weighted by atomic mass is 10.2. The minimum absolute atomic E-state index is 0.208. The van der Waals surface area contributed by atoms with Crippen molar-refractivity contribution in [3.8, 4) is 0 Å². The molecule has 0 fully saturated rings. The van der Waals surface area contributed by atoms with E-state index in [1.54, 1.807) is 25.1 Å². The Morgan fingerprint density at radius 3 is 2.81 bits per heavy atom. The summed E-state index contributed by atoms with van der Waals surface area (Å²) in [6.45, 7) is 1.78. The van der Waals surface area contributed by atoms with Crippen molar-refractivity contribution >= 4 is 22.9 Å². The molecule has 4 heteroatoms. The molecule has 0 spiro atoms. The third-order valence-corrected chi connectivity index (χ3v) is 2.91. The first-order valence-electron chi connectivity index (χ1n) is 4.77. The molecule has 2 aromatic rings. The molecule has 0 atom stereocenters. The van der Waals surface area contributed by atoms with E-state index in [2.05, 4.69) is 5.32 Å². The molecular weight excluding hydrogens is 225 g/mol. The van der Waals surface area contributed by atoms with E-state index in [1.807, 2.05) is 5.38 Å². The number of amides is 1. The van der Waals surface area contributed by atoms with Crippen LogP contribution >= 0.6 is 11.3 Å². The Hall–Kier alpha value is -1.68. The van der Waals surface area contributed by atoms with Gasteiger partial charge in [0.1, 0.15) is 5.82 Å². The van der Waals surface area contributed by atoms with Gasteiger partial charge in [-0.05, 0) is 42.1 Å². The molecule has 1 N–H and O–H groups in total. The maximum atomic E-state index is 13.1. The Kier molecular flexibility index (Phi) is 3.01. The molecule has 0 unspecified atom stereocenters. The first-order valence-corrected chi connectivity index (χ1v) is 5.65. The zero-order valence-corrected chi connectivity index (χ0v) is 9.48. The van der Waals surface area contributed by atoms with E-state index in [4.69, 9.17) is 0 Å². The second-order valence-corrected chi connectivity index (χ2v) is 4.40. The number of carbonyl (C=O) groups excluding carboxylic acids is 1. The highest BCUT2D eigenvalue weighted by Gasteiger charge is 2.07. The number of rotatable bonds is 2. The highest BCUT2D eigenvalue weighted by atomic mass is 32.1. The lowest BCUT2D eigenvalue weighted by Crippen LogP contribution is -2.10. The fourth-order valence-corrected chi connectivity index (χ4v) is 2.03. The SMILES string of the molecule is Cc1cc(F)cc(NC(=O)c2cccs2)c1. The van der Waals surface area contributed by atoms with Crippen LogP contribution in [-0.2, 0) is 0 Å². The molecule has 0 aliphatic heterocycles. The van der Waals surface area contributed by atoms with E-state index < -0.39 is 0 Å². The van der Waals surface area contributed by atoms with Crippen molar-refractivity contribution < 1.29 is 9.18 Å². The Morgan fingerprint density at radius 1 is 1.38 bits per heavy atom. The lowest BCUT2D eigenvalue weighted by Gasteiger charge is -2.04. The highest BCUT2D eigenvalue weighted by molar-refractivity contribution is 7.12. The molecule has 82 valence electrons. The standard InChI is InChI=1S/C12H10FNOS/c1-8-5-9(13)7-10(6-8)14-12(15)11-3-2-4-16-11/h2-7H,1H3,(H,14,15). The molecule has 1 aromatic carbocycles. The van der Waals surface area contributed by atoms with Crippen LogP contribution in [-0.4, -0.2) is 5.91 Å². The van der Waals surface area contributed by atoms with Crippen molar-refractivity contribution in [1.82, 2.24) is 0 Å². The number of hydrogen-bond acceptors (Lipinski definition) is 2. The smallest absolute Gasteiger partial charge is 0.265 e. The summed E-state index contributed by atoms with van der Waals surface area (Å²) in [5, 5.41) is 4.48. The molecule has 0 saturated heterocycles. The van der Waals surface area contributed by atoms with Gasteiger partial charge in [-0.2, -0.15) is 0 Å². The lowest BCUT2D eigenvalue weighted by molar-refractivity contribution is 0.103. The zero-order chi connectivity index (χ0) is 11.5. The van der Waals surface area contributed by atoms with E-state index in [-0.39, 0.29) is 11.7 Å². The second-order valence-electron chi connectivity index (χ2n) is 3.45. The van der Waals surface area contributed by atoms with Crippen molar-refractivity contribution in [2.24, 2.45) is 0 Å². The van der Waals surface area contributed by atoms with Gasteiger partial charge in [0.15, 0.2) is 0 Å². The van der Waals surface area contributed by atoms with Gasteiger partial charge in [0.2, 0.25) is 0 Å². The van der Waals surface area contributed by atoms with Crippen LogP contribution in [0.3, 0.4) is 0 Å². The molecule has 1 heterocycles. The van der Waals surface area contributed by atoms with Crippen molar-refractivity contribution in [3.63, 3.8) is 0 Å². The topological polar surface area (TPSA) is 29.1 Å². The minimum atomic E-state index is -0.346. The van der Waals surface area contributed by atoms with Gasteiger partial charge >= 0.3 is 0 Å².